The molecule has 2 aromatic carbocycles. The highest BCUT2D eigenvalue weighted by Crippen LogP contribution is 2.29. The topological polar surface area (TPSA) is 38.8 Å². The molecule has 126 valence electrons. The van der Waals surface area contributed by atoms with Crippen LogP contribution < -0.4 is 4.74 Å². The average Bonchev–Trinajstić information content (AvgIpc) is 2.63. The van der Waals surface area contributed by atoms with Crippen LogP contribution in [0, 0.1) is 0 Å². The second-order valence-electron chi connectivity index (χ2n) is 6.02. The summed E-state index contributed by atoms with van der Waals surface area (Å²) in [4.78, 5) is 14.8. The van der Waals surface area contributed by atoms with Crippen LogP contribution in [-0.4, -0.2) is 37.1 Å². The Hall–Kier alpha value is -2.33. The quantitative estimate of drug-likeness (QED) is 0.866. The molecular formula is C20H23NO3. The smallest absolute Gasteiger partial charge is 0.227 e. The first-order chi connectivity index (χ1) is 11.7. The van der Waals surface area contributed by atoms with Crippen LogP contribution in [0.1, 0.15) is 24.2 Å². The fourth-order valence-corrected chi connectivity index (χ4v) is 3.27. The van der Waals surface area contributed by atoms with Crippen LogP contribution in [0.2, 0.25) is 0 Å². The van der Waals surface area contributed by atoms with E-state index in [0.29, 0.717) is 19.6 Å². The highest BCUT2D eigenvalue weighted by Gasteiger charge is 2.32. The zero-order valence-corrected chi connectivity index (χ0v) is 14.1. The molecule has 24 heavy (non-hydrogen) atoms. The Morgan fingerprint density at radius 3 is 2.62 bits per heavy atom. The first-order valence-electron chi connectivity index (χ1n) is 8.28. The van der Waals surface area contributed by atoms with E-state index in [4.69, 9.17) is 9.47 Å². The van der Waals surface area contributed by atoms with Crippen LogP contribution in [0.25, 0.3) is 0 Å². The molecule has 0 N–H and O–H groups in total. The van der Waals surface area contributed by atoms with Crippen molar-refractivity contribution < 1.29 is 14.3 Å². The van der Waals surface area contributed by atoms with Crippen LogP contribution in [0.15, 0.2) is 54.6 Å². The van der Waals surface area contributed by atoms with Gasteiger partial charge in [-0.05, 0) is 18.6 Å². The monoisotopic (exact) mass is 325 g/mol. The van der Waals surface area contributed by atoms with Crippen molar-refractivity contribution in [3.63, 3.8) is 0 Å². The van der Waals surface area contributed by atoms with Crippen molar-refractivity contribution in [3.05, 3.63) is 65.7 Å². The van der Waals surface area contributed by atoms with Crippen molar-refractivity contribution in [3.8, 4) is 5.75 Å². The molecule has 2 unspecified atom stereocenters. The van der Waals surface area contributed by atoms with E-state index in [0.717, 1.165) is 16.9 Å². The zero-order chi connectivity index (χ0) is 16.9. The number of ether oxygens (including phenoxy) is 2. The van der Waals surface area contributed by atoms with Crippen molar-refractivity contribution in [2.75, 3.05) is 20.3 Å². The second kappa shape index (κ2) is 7.49. The van der Waals surface area contributed by atoms with Crippen molar-refractivity contribution in [2.45, 2.75) is 25.5 Å². The van der Waals surface area contributed by atoms with Gasteiger partial charge in [0.25, 0.3) is 0 Å². The van der Waals surface area contributed by atoms with Crippen LogP contribution in [-0.2, 0) is 16.0 Å². The number of benzene rings is 2. The zero-order valence-electron chi connectivity index (χ0n) is 14.1. The van der Waals surface area contributed by atoms with E-state index in [1.165, 1.54) is 0 Å². The van der Waals surface area contributed by atoms with Crippen LogP contribution in [0.4, 0.5) is 0 Å². The number of hydrogen-bond acceptors (Lipinski definition) is 3. The van der Waals surface area contributed by atoms with Gasteiger partial charge in [-0.3, -0.25) is 4.79 Å². The molecule has 1 saturated heterocycles. The number of morpholine rings is 1. The number of carbonyl (C=O) groups is 1. The fraction of sp³-hybridized carbons (Fsp3) is 0.350. The molecule has 0 saturated carbocycles. The molecule has 2 aromatic rings. The molecule has 1 fully saturated rings. The second-order valence-corrected chi connectivity index (χ2v) is 6.02. The van der Waals surface area contributed by atoms with Gasteiger partial charge in [0, 0.05) is 12.1 Å². The lowest BCUT2D eigenvalue weighted by molar-refractivity contribution is -0.144. The Balaban J connectivity index is 1.75. The molecule has 1 aliphatic rings. The molecule has 2 atom stereocenters. The predicted molar refractivity (Wildman–Crippen MR) is 93.0 cm³/mol. The van der Waals surface area contributed by atoms with E-state index in [1.54, 1.807) is 7.11 Å². The van der Waals surface area contributed by atoms with Gasteiger partial charge in [0.2, 0.25) is 5.91 Å². The molecule has 0 radical (unpaired) electrons. The lowest BCUT2D eigenvalue weighted by atomic mass is 9.99. The number of hydrogen-bond donors (Lipinski definition) is 0. The normalized spacial score (nSPS) is 20.7. The molecule has 0 aliphatic carbocycles. The van der Waals surface area contributed by atoms with Gasteiger partial charge in [0.1, 0.15) is 11.9 Å². The van der Waals surface area contributed by atoms with Crippen molar-refractivity contribution >= 4 is 5.91 Å². The third kappa shape index (κ3) is 3.44. The summed E-state index contributed by atoms with van der Waals surface area (Å²) in [5.41, 5.74) is 2.03. The Labute approximate surface area is 143 Å². The first kappa shape index (κ1) is 16.5. The number of amides is 1. The Kier molecular flexibility index (Phi) is 5.16. The number of methoxy groups -OCH3 is 1. The summed E-state index contributed by atoms with van der Waals surface area (Å²) in [6, 6.07) is 17.8. The first-order valence-corrected chi connectivity index (χ1v) is 8.28. The van der Waals surface area contributed by atoms with Crippen molar-refractivity contribution in [2.24, 2.45) is 0 Å². The van der Waals surface area contributed by atoms with Gasteiger partial charge < -0.3 is 14.4 Å². The largest absolute Gasteiger partial charge is 0.496 e. The standard InChI is InChI=1S/C20H23NO3/c1-15-20(16-8-4-3-5-9-16)24-13-12-21(15)19(22)14-17-10-6-7-11-18(17)23-2/h3-11,15,20H,12-14H2,1-2H3. The van der Waals surface area contributed by atoms with Gasteiger partial charge in [0.15, 0.2) is 0 Å². The Bertz CT molecular complexity index is 686. The Morgan fingerprint density at radius 1 is 1.17 bits per heavy atom. The summed E-state index contributed by atoms with van der Waals surface area (Å²) in [5, 5.41) is 0. The van der Waals surface area contributed by atoms with Crippen LogP contribution in [0.3, 0.4) is 0 Å². The number of nitrogens with zero attached hydrogens (tertiary/aromatic N) is 1. The van der Waals surface area contributed by atoms with E-state index < -0.39 is 0 Å². The predicted octanol–water partition coefficient (Wildman–Crippen LogP) is 3.23. The van der Waals surface area contributed by atoms with Crippen molar-refractivity contribution in [1.82, 2.24) is 4.90 Å². The molecule has 0 bridgehead atoms. The van der Waals surface area contributed by atoms with Gasteiger partial charge in [-0.15, -0.1) is 0 Å². The molecule has 0 aromatic heterocycles. The van der Waals surface area contributed by atoms with Crippen LogP contribution >= 0.6 is 0 Å². The van der Waals surface area contributed by atoms with Gasteiger partial charge in [-0.25, -0.2) is 0 Å². The molecule has 0 spiro atoms. The minimum atomic E-state index is -0.0819. The lowest BCUT2D eigenvalue weighted by Crippen LogP contribution is -2.49. The fourth-order valence-electron chi connectivity index (χ4n) is 3.27. The van der Waals surface area contributed by atoms with E-state index >= 15 is 0 Å². The summed E-state index contributed by atoms with van der Waals surface area (Å²) in [6.45, 7) is 3.23. The average molecular weight is 325 g/mol. The van der Waals surface area contributed by atoms with Crippen molar-refractivity contribution in [1.29, 1.82) is 0 Å². The molecular weight excluding hydrogens is 302 g/mol. The third-order valence-electron chi connectivity index (χ3n) is 4.54. The molecule has 4 nitrogen and oxygen atoms in total. The summed E-state index contributed by atoms with van der Waals surface area (Å²) < 4.78 is 11.3. The summed E-state index contributed by atoms with van der Waals surface area (Å²) in [6.07, 6.45) is 0.261. The van der Waals surface area contributed by atoms with E-state index in [-0.39, 0.29) is 18.1 Å². The van der Waals surface area contributed by atoms with Crippen LogP contribution in [0.5, 0.6) is 5.75 Å². The summed E-state index contributed by atoms with van der Waals surface area (Å²) in [7, 11) is 1.63. The molecule has 3 rings (SSSR count). The molecule has 1 aliphatic heterocycles. The molecule has 1 heterocycles. The maximum Gasteiger partial charge on any atom is 0.227 e. The van der Waals surface area contributed by atoms with Gasteiger partial charge >= 0.3 is 0 Å². The number of carbonyl (C=O) groups excluding carboxylic acids is 1. The van der Waals surface area contributed by atoms with E-state index in [1.807, 2.05) is 47.4 Å². The minimum Gasteiger partial charge on any atom is -0.496 e. The van der Waals surface area contributed by atoms with Gasteiger partial charge in [-0.2, -0.15) is 0 Å². The lowest BCUT2D eigenvalue weighted by Gasteiger charge is -2.39. The minimum absolute atomic E-state index is 0.00311. The maximum atomic E-state index is 12.8. The van der Waals surface area contributed by atoms with E-state index in [9.17, 15) is 4.79 Å². The SMILES string of the molecule is COc1ccccc1CC(=O)N1CCOC(c2ccccc2)C1C. The summed E-state index contributed by atoms with van der Waals surface area (Å²) in [5.74, 6) is 0.864. The summed E-state index contributed by atoms with van der Waals surface area (Å²) >= 11 is 0. The highest BCUT2D eigenvalue weighted by molar-refractivity contribution is 5.80. The van der Waals surface area contributed by atoms with Gasteiger partial charge in [-0.1, -0.05) is 48.5 Å². The highest BCUT2D eigenvalue weighted by atomic mass is 16.5. The van der Waals surface area contributed by atoms with Gasteiger partial charge in [0.05, 0.1) is 26.2 Å². The molecule has 1 amide bonds. The third-order valence-corrected chi connectivity index (χ3v) is 4.54. The number of rotatable bonds is 4. The number of para-hydroxylation sites is 1. The maximum absolute atomic E-state index is 12.8. The van der Waals surface area contributed by atoms with E-state index in [2.05, 4.69) is 19.1 Å². The Morgan fingerprint density at radius 2 is 1.88 bits per heavy atom. The molecule has 4 heteroatoms.